The summed E-state index contributed by atoms with van der Waals surface area (Å²) in [4.78, 5) is 9.29. The van der Waals surface area contributed by atoms with Gasteiger partial charge in [0.15, 0.2) is 5.65 Å². The zero-order valence-corrected chi connectivity index (χ0v) is 16.5. The molecule has 3 heterocycles. The van der Waals surface area contributed by atoms with Crippen molar-refractivity contribution in [3.8, 4) is 17.1 Å². The number of fused-ring (bicyclic) bond motifs is 1. The van der Waals surface area contributed by atoms with Gasteiger partial charge in [0.05, 0.1) is 30.3 Å². The minimum absolute atomic E-state index is 0.0408. The number of aromatic hydroxyl groups is 1. The van der Waals surface area contributed by atoms with Crippen LogP contribution in [0.1, 0.15) is 22.7 Å². The molecule has 0 spiro atoms. The van der Waals surface area contributed by atoms with Gasteiger partial charge in [-0.2, -0.15) is 0 Å². The molecular formula is C24H19FN4O2. The van der Waals surface area contributed by atoms with Crippen molar-refractivity contribution in [1.29, 1.82) is 0 Å². The number of anilines is 1. The molecule has 5 rings (SSSR count). The Morgan fingerprint density at radius 1 is 1.00 bits per heavy atom. The minimum Gasteiger partial charge on any atom is -0.493 e. The summed E-state index contributed by atoms with van der Waals surface area (Å²) in [5.74, 6) is 0.167. The lowest BCUT2D eigenvalue weighted by Crippen LogP contribution is -2.02. The smallest absolute Gasteiger partial charge is 0.220 e. The molecule has 0 aliphatic heterocycles. The molecule has 0 radical (unpaired) electrons. The van der Waals surface area contributed by atoms with Gasteiger partial charge in [0.1, 0.15) is 17.3 Å². The van der Waals surface area contributed by atoms with E-state index in [2.05, 4.69) is 9.97 Å². The Labute approximate surface area is 177 Å². The second-order valence-electron chi connectivity index (χ2n) is 7.32. The quantitative estimate of drug-likeness (QED) is 0.410. The Morgan fingerprint density at radius 3 is 2.58 bits per heavy atom. The highest BCUT2D eigenvalue weighted by Crippen LogP contribution is 2.31. The molecule has 0 fully saturated rings. The van der Waals surface area contributed by atoms with Crippen LogP contribution in [0.15, 0.2) is 77.5 Å². The molecule has 154 valence electrons. The van der Waals surface area contributed by atoms with Crippen LogP contribution in [-0.2, 0) is 12.8 Å². The Hall–Kier alpha value is -4.13. The normalized spacial score (nSPS) is 11.3. The summed E-state index contributed by atoms with van der Waals surface area (Å²) in [6.07, 6.45) is 4.03. The molecule has 0 aliphatic rings. The summed E-state index contributed by atoms with van der Waals surface area (Å²) in [5.41, 5.74) is 9.83. The van der Waals surface area contributed by atoms with E-state index in [0.29, 0.717) is 46.9 Å². The lowest BCUT2D eigenvalue weighted by atomic mass is 10.1. The molecule has 3 N–H and O–H groups in total. The van der Waals surface area contributed by atoms with Crippen LogP contribution in [0.2, 0.25) is 0 Å². The lowest BCUT2D eigenvalue weighted by molar-refractivity contribution is 0.439. The second-order valence-corrected chi connectivity index (χ2v) is 7.32. The average Bonchev–Trinajstić information content (AvgIpc) is 3.38. The van der Waals surface area contributed by atoms with E-state index in [1.54, 1.807) is 29.0 Å². The van der Waals surface area contributed by atoms with Crippen molar-refractivity contribution in [3.63, 3.8) is 0 Å². The molecule has 0 unspecified atom stereocenters. The third-order valence-corrected chi connectivity index (χ3v) is 5.12. The van der Waals surface area contributed by atoms with Gasteiger partial charge in [0, 0.05) is 17.7 Å². The largest absolute Gasteiger partial charge is 0.493 e. The zero-order chi connectivity index (χ0) is 21.4. The van der Waals surface area contributed by atoms with Crippen molar-refractivity contribution in [2.24, 2.45) is 0 Å². The maximum atomic E-state index is 14.0. The monoisotopic (exact) mass is 414 g/mol. The molecule has 6 nitrogen and oxygen atoms in total. The molecule has 7 heteroatoms. The van der Waals surface area contributed by atoms with Crippen LogP contribution in [0, 0.1) is 5.82 Å². The van der Waals surface area contributed by atoms with Gasteiger partial charge in [-0.1, -0.05) is 30.3 Å². The number of halogens is 1. The van der Waals surface area contributed by atoms with Gasteiger partial charge in [0.2, 0.25) is 5.88 Å². The van der Waals surface area contributed by atoms with Crippen LogP contribution in [-0.4, -0.2) is 19.5 Å². The number of nitrogens with two attached hydrogens (primary N) is 1. The Balaban J connectivity index is 1.70. The van der Waals surface area contributed by atoms with Crippen LogP contribution in [0.4, 0.5) is 10.1 Å². The van der Waals surface area contributed by atoms with Crippen LogP contribution < -0.4 is 5.73 Å². The number of nitrogen functional groups attached to an aromatic ring is 1. The van der Waals surface area contributed by atoms with E-state index in [-0.39, 0.29) is 11.6 Å². The lowest BCUT2D eigenvalue weighted by Gasteiger charge is -2.10. The molecule has 0 amide bonds. The van der Waals surface area contributed by atoms with E-state index < -0.39 is 5.82 Å². The van der Waals surface area contributed by atoms with E-state index in [1.165, 1.54) is 12.1 Å². The topological polar surface area (TPSA) is 89.6 Å². The summed E-state index contributed by atoms with van der Waals surface area (Å²) in [6, 6.07) is 17.7. The fourth-order valence-corrected chi connectivity index (χ4v) is 3.71. The number of rotatable bonds is 5. The molecule has 0 aliphatic carbocycles. The van der Waals surface area contributed by atoms with Crippen molar-refractivity contribution in [1.82, 2.24) is 14.4 Å². The summed E-state index contributed by atoms with van der Waals surface area (Å²) >= 11 is 0. The van der Waals surface area contributed by atoms with Gasteiger partial charge >= 0.3 is 0 Å². The van der Waals surface area contributed by atoms with Gasteiger partial charge in [-0.3, -0.25) is 9.38 Å². The molecule has 2 aromatic carbocycles. The van der Waals surface area contributed by atoms with Crippen molar-refractivity contribution < 1.29 is 13.9 Å². The average molecular weight is 414 g/mol. The molecule has 0 saturated heterocycles. The highest BCUT2D eigenvalue weighted by atomic mass is 19.1. The van der Waals surface area contributed by atoms with E-state index in [1.807, 2.05) is 36.4 Å². The second kappa shape index (κ2) is 7.60. The van der Waals surface area contributed by atoms with Crippen molar-refractivity contribution >= 4 is 11.3 Å². The highest BCUT2D eigenvalue weighted by Gasteiger charge is 2.20. The number of aromatic nitrogens is 3. The number of imidazole rings is 1. The molecule has 0 atom stereocenters. The molecule has 0 bridgehead atoms. The van der Waals surface area contributed by atoms with Gasteiger partial charge in [0.25, 0.3) is 0 Å². The molecular weight excluding hydrogens is 395 g/mol. The fourth-order valence-electron chi connectivity index (χ4n) is 3.71. The minimum atomic E-state index is -0.466. The number of hydrogen-bond acceptors (Lipinski definition) is 5. The highest BCUT2D eigenvalue weighted by molar-refractivity contribution is 5.69. The first kappa shape index (κ1) is 18.9. The van der Waals surface area contributed by atoms with Gasteiger partial charge in [-0.05, 0) is 35.9 Å². The maximum absolute atomic E-state index is 14.0. The van der Waals surface area contributed by atoms with Crippen molar-refractivity contribution in [2.45, 2.75) is 12.8 Å². The van der Waals surface area contributed by atoms with E-state index in [0.717, 1.165) is 5.56 Å². The van der Waals surface area contributed by atoms with Crippen molar-refractivity contribution in [2.75, 3.05) is 5.73 Å². The molecule has 0 saturated carbocycles. The van der Waals surface area contributed by atoms with Gasteiger partial charge in [-0.15, -0.1) is 0 Å². The number of furan rings is 1. The van der Waals surface area contributed by atoms with Crippen molar-refractivity contribution in [3.05, 3.63) is 102 Å². The van der Waals surface area contributed by atoms with Gasteiger partial charge < -0.3 is 15.3 Å². The van der Waals surface area contributed by atoms with E-state index in [4.69, 9.17) is 10.2 Å². The predicted molar refractivity (Wildman–Crippen MR) is 115 cm³/mol. The molecule has 3 aromatic heterocycles. The summed E-state index contributed by atoms with van der Waals surface area (Å²) < 4.78 is 21.1. The summed E-state index contributed by atoms with van der Waals surface area (Å²) in [6.45, 7) is 0. The third kappa shape index (κ3) is 3.61. The number of hydrogen-bond donors (Lipinski definition) is 2. The van der Waals surface area contributed by atoms with E-state index >= 15 is 0 Å². The number of nitrogens with zero attached hydrogens (tertiary/aromatic N) is 3. The molecule has 5 aromatic rings. The molecule has 31 heavy (non-hydrogen) atoms. The predicted octanol–water partition coefficient (Wildman–Crippen LogP) is 4.60. The third-order valence-electron chi connectivity index (χ3n) is 5.12. The Bertz CT molecular complexity index is 1340. The SMILES string of the molecule is Nc1cc(F)cc(-c2cnc(Cc3ccccc3)c3nc(Cc4ccco4)c(O)n23)c1. The first-order chi connectivity index (χ1) is 15.1. The zero-order valence-electron chi connectivity index (χ0n) is 16.5. The standard InChI is InChI=1S/C24H19FN4O2/c25-17-10-16(11-18(26)12-17)22-14-27-20(9-15-5-2-1-3-6-15)23-28-21(24(30)29(22)23)13-19-7-4-8-31-19/h1-8,10-12,14,30H,9,13,26H2. The number of benzene rings is 2. The Kier molecular flexibility index (Phi) is 4.63. The first-order valence-electron chi connectivity index (χ1n) is 9.79. The summed E-state index contributed by atoms with van der Waals surface area (Å²) in [5, 5.41) is 11.1. The summed E-state index contributed by atoms with van der Waals surface area (Å²) in [7, 11) is 0. The Morgan fingerprint density at radius 2 is 1.84 bits per heavy atom. The van der Waals surface area contributed by atoms with Gasteiger partial charge in [-0.25, -0.2) is 9.37 Å². The first-order valence-corrected chi connectivity index (χ1v) is 9.79. The van der Waals surface area contributed by atoms with Crippen LogP contribution in [0.5, 0.6) is 5.88 Å². The van der Waals surface area contributed by atoms with E-state index in [9.17, 15) is 9.50 Å². The van der Waals surface area contributed by atoms with Crippen LogP contribution in [0.3, 0.4) is 0 Å². The van der Waals surface area contributed by atoms with Crippen LogP contribution in [0.25, 0.3) is 16.9 Å². The fraction of sp³-hybridized carbons (Fsp3) is 0.0833. The maximum Gasteiger partial charge on any atom is 0.220 e. The van der Waals surface area contributed by atoms with Crippen LogP contribution >= 0.6 is 0 Å².